The molecule has 0 aromatic heterocycles. The van der Waals surface area contributed by atoms with Gasteiger partial charge in [-0.05, 0) is 35.8 Å². The molecule has 0 bridgehead atoms. The average molecular weight is 531 g/mol. The van der Waals surface area contributed by atoms with E-state index in [1.165, 1.54) is 22.3 Å². The van der Waals surface area contributed by atoms with Crippen molar-refractivity contribution in [3.8, 4) is 0 Å². The van der Waals surface area contributed by atoms with Crippen LogP contribution in [0.3, 0.4) is 0 Å². The predicted molar refractivity (Wildman–Crippen MR) is 134 cm³/mol. The molecule has 0 aliphatic heterocycles. The summed E-state index contributed by atoms with van der Waals surface area (Å²) in [5.74, 6) is 1.07. The Hall–Kier alpha value is -1.14. The van der Waals surface area contributed by atoms with Crippen LogP contribution in [-0.4, -0.2) is 0 Å². The van der Waals surface area contributed by atoms with Gasteiger partial charge < -0.3 is 0 Å². The molecule has 2 aromatic carbocycles. The van der Waals surface area contributed by atoms with Gasteiger partial charge in [0.05, 0.1) is 0 Å². The first-order valence-corrected chi connectivity index (χ1v) is 10.5. The fraction of sp³-hybridized carbons (Fsp3) is 0.286. The summed E-state index contributed by atoms with van der Waals surface area (Å²) in [4.78, 5) is 0. The quantitative estimate of drug-likeness (QED) is 0.328. The molecule has 2 atom stereocenters. The van der Waals surface area contributed by atoms with Crippen molar-refractivity contribution in [3.63, 3.8) is 0 Å². The van der Waals surface area contributed by atoms with Gasteiger partial charge in [-0.3, -0.25) is 12.2 Å². The van der Waals surface area contributed by atoms with Crippen LogP contribution in [0.1, 0.15) is 62.5 Å². The van der Waals surface area contributed by atoms with Gasteiger partial charge in [-0.15, -0.1) is 37.7 Å². The smallest absolute Gasteiger partial charge is 0.269 e. The summed E-state index contributed by atoms with van der Waals surface area (Å²) in [5.41, 5.74) is 5.53. The third-order valence-corrected chi connectivity index (χ3v) is 5.41. The van der Waals surface area contributed by atoms with Crippen LogP contribution in [0.4, 0.5) is 0 Å². The van der Waals surface area contributed by atoms with Crippen LogP contribution in [-0.2, 0) is 26.2 Å². The molecule has 0 amide bonds. The summed E-state index contributed by atoms with van der Waals surface area (Å²) >= 11 is 0. The Balaban J connectivity index is 0.000000529. The van der Waals surface area contributed by atoms with Crippen molar-refractivity contribution >= 4 is 24.8 Å². The van der Waals surface area contributed by atoms with E-state index in [1.54, 1.807) is 0 Å². The van der Waals surface area contributed by atoms with E-state index < -0.39 is 0 Å². The number of hydrogen-bond acceptors (Lipinski definition) is 0. The molecule has 3 heteroatoms. The van der Waals surface area contributed by atoms with E-state index in [2.05, 4.69) is 111 Å². The standard InChI is InChI=1S/2C14H15.2ClH.Zr/c2*1-2-14(13-10-6-7-11-13)12-8-4-3-5-9-12;;;/h2*3-6,8-10,14H,2,7H2,1H3;2*1H;/q2*-1;;;+2. The van der Waals surface area contributed by atoms with Gasteiger partial charge in [0.1, 0.15) is 0 Å². The molecular weight excluding hydrogens is 498 g/mol. The van der Waals surface area contributed by atoms with Gasteiger partial charge >= 0.3 is 26.2 Å². The van der Waals surface area contributed by atoms with Gasteiger partial charge in [0, 0.05) is 0 Å². The second-order valence-electron chi connectivity index (χ2n) is 7.22. The van der Waals surface area contributed by atoms with Crippen LogP contribution in [0, 0.1) is 12.2 Å². The molecule has 2 aliphatic rings. The molecule has 4 rings (SSSR count). The molecule has 2 unspecified atom stereocenters. The summed E-state index contributed by atoms with van der Waals surface area (Å²) in [7, 11) is 0. The summed E-state index contributed by atoms with van der Waals surface area (Å²) in [6, 6.07) is 21.4. The molecular formula is C28H32Cl2Zr. The minimum absolute atomic E-state index is 0. The van der Waals surface area contributed by atoms with E-state index in [1.807, 2.05) is 0 Å². The second-order valence-corrected chi connectivity index (χ2v) is 7.22. The molecule has 0 saturated heterocycles. The van der Waals surface area contributed by atoms with Crippen molar-refractivity contribution in [2.45, 2.75) is 51.4 Å². The summed E-state index contributed by atoms with van der Waals surface area (Å²) in [5, 5.41) is 0. The number of allylic oxidation sites excluding steroid dienone is 8. The number of hydrogen-bond donors (Lipinski definition) is 0. The van der Waals surface area contributed by atoms with E-state index in [4.69, 9.17) is 0 Å². The maximum absolute atomic E-state index is 3.41. The molecule has 2 aliphatic carbocycles. The third-order valence-electron chi connectivity index (χ3n) is 5.41. The fourth-order valence-electron chi connectivity index (χ4n) is 3.96. The Morgan fingerprint density at radius 3 is 1.26 bits per heavy atom. The third kappa shape index (κ3) is 8.72. The number of benzene rings is 2. The van der Waals surface area contributed by atoms with Crippen molar-refractivity contribution in [2.24, 2.45) is 0 Å². The zero-order valence-electron chi connectivity index (χ0n) is 18.4. The molecule has 0 nitrogen and oxygen atoms in total. The van der Waals surface area contributed by atoms with E-state index in [-0.39, 0.29) is 51.0 Å². The molecule has 0 radical (unpaired) electrons. The first-order valence-electron chi connectivity index (χ1n) is 10.5. The minimum atomic E-state index is 0. The first-order chi connectivity index (χ1) is 13.8. The largest absolute Gasteiger partial charge is 2.00 e. The van der Waals surface area contributed by atoms with Gasteiger partial charge in [-0.1, -0.05) is 74.5 Å². The topological polar surface area (TPSA) is 0 Å². The molecule has 0 saturated carbocycles. The summed E-state index contributed by atoms with van der Waals surface area (Å²) in [6.45, 7) is 4.47. The van der Waals surface area contributed by atoms with Crippen molar-refractivity contribution in [2.75, 3.05) is 0 Å². The van der Waals surface area contributed by atoms with Crippen LogP contribution < -0.4 is 0 Å². The molecule has 0 heterocycles. The normalized spacial score (nSPS) is 15.2. The van der Waals surface area contributed by atoms with Crippen molar-refractivity contribution < 1.29 is 26.2 Å². The zero-order valence-corrected chi connectivity index (χ0v) is 22.5. The van der Waals surface area contributed by atoms with Gasteiger partial charge in [0.2, 0.25) is 0 Å². The minimum Gasteiger partial charge on any atom is -0.269 e. The molecule has 0 fully saturated rings. The van der Waals surface area contributed by atoms with Crippen LogP contribution in [0.25, 0.3) is 0 Å². The summed E-state index contributed by atoms with van der Waals surface area (Å²) in [6.07, 6.45) is 19.9. The molecule has 162 valence electrons. The Morgan fingerprint density at radius 1 is 0.645 bits per heavy atom. The van der Waals surface area contributed by atoms with E-state index >= 15 is 0 Å². The van der Waals surface area contributed by atoms with Crippen molar-refractivity contribution in [1.82, 2.24) is 0 Å². The van der Waals surface area contributed by atoms with Crippen LogP contribution >= 0.6 is 24.8 Å². The van der Waals surface area contributed by atoms with Crippen molar-refractivity contribution in [1.29, 1.82) is 0 Å². The van der Waals surface area contributed by atoms with Gasteiger partial charge in [0.25, 0.3) is 0 Å². The Bertz CT molecular complexity index is 778. The first kappa shape index (κ1) is 29.9. The maximum Gasteiger partial charge on any atom is 2.00 e. The van der Waals surface area contributed by atoms with Crippen LogP contribution in [0.5, 0.6) is 0 Å². The van der Waals surface area contributed by atoms with E-state index in [0.29, 0.717) is 11.8 Å². The fourth-order valence-corrected chi connectivity index (χ4v) is 3.96. The Morgan fingerprint density at radius 2 is 1.00 bits per heavy atom. The SMILES string of the molecule is CCC(C1=[C-]CC=C1)c1ccccc1.CCC(C1=[C-]CC=C1)c1ccccc1.Cl.Cl.[Zr+2]. The number of halogens is 2. The number of rotatable bonds is 6. The van der Waals surface area contributed by atoms with E-state index in [9.17, 15) is 0 Å². The van der Waals surface area contributed by atoms with Crippen LogP contribution in [0.2, 0.25) is 0 Å². The average Bonchev–Trinajstić information content (AvgIpc) is 3.46. The van der Waals surface area contributed by atoms with Gasteiger partial charge in [-0.25, -0.2) is 23.3 Å². The predicted octanol–water partition coefficient (Wildman–Crippen LogP) is 8.58. The van der Waals surface area contributed by atoms with Crippen molar-refractivity contribution in [3.05, 3.63) is 119 Å². The van der Waals surface area contributed by atoms with Crippen LogP contribution in [0.15, 0.2) is 96.1 Å². The molecule has 0 spiro atoms. The van der Waals surface area contributed by atoms with Gasteiger partial charge in [-0.2, -0.15) is 12.2 Å². The Kier molecular flexibility index (Phi) is 15.9. The molecule has 2 aromatic rings. The summed E-state index contributed by atoms with van der Waals surface area (Å²) < 4.78 is 0. The van der Waals surface area contributed by atoms with E-state index in [0.717, 1.165) is 25.7 Å². The second kappa shape index (κ2) is 16.5. The monoisotopic (exact) mass is 528 g/mol. The zero-order chi connectivity index (χ0) is 19.6. The maximum atomic E-state index is 3.41. The molecule has 0 N–H and O–H groups in total. The Labute approximate surface area is 220 Å². The molecule has 31 heavy (non-hydrogen) atoms. The van der Waals surface area contributed by atoms with Gasteiger partial charge in [0.15, 0.2) is 0 Å².